The Balaban J connectivity index is 1.79. The number of pyridine rings is 2. The van der Waals surface area contributed by atoms with Crippen molar-refractivity contribution in [3.8, 4) is 5.75 Å². The number of benzene rings is 1. The van der Waals surface area contributed by atoms with Crippen LogP contribution in [0.15, 0.2) is 59.7 Å². The van der Waals surface area contributed by atoms with Crippen molar-refractivity contribution in [2.24, 2.45) is 0 Å². The van der Waals surface area contributed by atoms with Crippen molar-refractivity contribution in [3.63, 3.8) is 0 Å². The SMILES string of the molecule is Cc1cc(O)c(C(c2ccccc2Cl)N2CCN(CCO)CC2)c(=O)n1Cc1cccnc1. The van der Waals surface area contributed by atoms with E-state index in [9.17, 15) is 15.0 Å². The molecule has 8 heteroatoms. The number of aryl methyl sites for hydroxylation is 1. The third-order valence-corrected chi connectivity index (χ3v) is 6.59. The molecule has 2 aromatic heterocycles. The number of rotatable bonds is 7. The third-order valence-electron chi connectivity index (χ3n) is 6.25. The highest BCUT2D eigenvalue weighted by atomic mass is 35.5. The van der Waals surface area contributed by atoms with Crippen molar-refractivity contribution in [1.29, 1.82) is 0 Å². The van der Waals surface area contributed by atoms with Gasteiger partial charge in [-0.15, -0.1) is 0 Å². The minimum Gasteiger partial charge on any atom is -0.507 e. The first-order chi connectivity index (χ1) is 16.0. The van der Waals surface area contributed by atoms with Crippen LogP contribution in [-0.2, 0) is 6.54 Å². The Morgan fingerprint density at radius 3 is 2.55 bits per heavy atom. The quantitative estimate of drug-likeness (QED) is 0.555. The van der Waals surface area contributed by atoms with Crippen LogP contribution in [0.1, 0.15) is 28.4 Å². The summed E-state index contributed by atoms with van der Waals surface area (Å²) in [6.45, 7) is 5.82. The maximum absolute atomic E-state index is 13.8. The molecule has 1 aliphatic heterocycles. The molecule has 3 aromatic rings. The predicted octanol–water partition coefficient (Wildman–Crippen LogP) is 2.66. The fourth-order valence-corrected chi connectivity index (χ4v) is 4.75. The molecule has 0 bridgehead atoms. The van der Waals surface area contributed by atoms with Crippen LogP contribution < -0.4 is 5.56 Å². The van der Waals surface area contributed by atoms with E-state index in [1.807, 2.05) is 43.3 Å². The average Bonchev–Trinajstić information content (AvgIpc) is 2.82. The molecule has 0 saturated carbocycles. The molecule has 4 rings (SSSR count). The number of hydrogen-bond acceptors (Lipinski definition) is 6. The number of hydrogen-bond donors (Lipinski definition) is 2. The summed E-state index contributed by atoms with van der Waals surface area (Å²) in [5, 5.41) is 20.8. The highest BCUT2D eigenvalue weighted by molar-refractivity contribution is 6.31. The second-order valence-corrected chi connectivity index (χ2v) is 8.77. The molecule has 1 unspecified atom stereocenters. The largest absolute Gasteiger partial charge is 0.507 e. The molecule has 1 atom stereocenters. The fraction of sp³-hybridized carbons (Fsp3) is 0.360. The van der Waals surface area contributed by atoms with Gasteiger partial charge in [0.1, 0.15) is 5.75 Å². The van der Waals surface area contributed by atoms with Gasteiger partial charge in [-0.05, 0) is 36.2 Å². The molecule has 174 valence electrons. The lowest BCUT2D eigenvalue weighted by Crippen LogP contribution is -2.49. The number of halogens is 1. The minimum atomic E-state index is -0.483. The van der Waals surface area contributed by atoms with Gasteiger partial charge in [0.2, 0.25) is 0 Å². The van der Waals surface area contributed by atoms with E-state index in [0.29, 0.717) is 42.5 Å². The van der Waals surface area contributed by atoms with Gasteiger partial charge >= 0.3 is 0 Å². The van der Waals surface area contributed by atoms with Gasteiger partial charge in [-0.25, -0.2) is 0 Å². The molecular formula is C25H29ClN4O3. The zero-order valence-corrected chi connectivity index (χ0v) is 19.4. The first-order valence-electron chi connectivity index (χ1n) is 11.1. The lowest BCUT2D eigenvalue weighted by atomic mass is 9.95. The molecule has 0 radical (unpaired) electrons. The smallest absolute Gasteiger partial charge is 0.259 e. The molecule has 1 aromatic carbocycles. The molecule has 0 spiro atoms. The van der Waals surface area contributed by atoms with Crippen molar-refractivity contribution < 1.29 is 10.2 Å². The molecule has 0 aliphatic carbocycles. The first-order valence-corrected chi connectivity index (χ1v) is 11.5. The number of aromatic hydroxyl groups is 1. The van der Waals surface area contributed by atoms with Crippen LogP contribution in [0.25, 0.3) is 0 Å². The zero-order valence-electron chi connectivity index (χ0n) is 18.7. The van der Waals surface area contributed by atoms with E-state index in [1.54, 1.807) is 23.0 Å². The van der Waals surface area contributed by atoms with Crippen molar-refractivity contribution >= 4 is 11.6 Å². The number of aliphatic hydroxyl groups excluding tert-OH is 1. The highest BCUT2D eigenvalue weighted by Crippen LogP contribution is 2.36. The van der Waals surface area contributed by atoms with Crippen LogP contribution in [0.4, 0.5) is 0 Å². The maximum Gasteiger partial charge on any atom is 0.259 e. The van der Waals surface area contributed by atoms with Crippen molar-refractivity contribution in [3.05, 3.63) is 92.6 Å². The van der Waals surface area contributed by atoms with Crippen LogP contribution >= 0.6 is 11.6 Å². The van der Waals surface area contributed by atoms with E-state index in [2.05, 4.69) is 14.8 Å². The number of aliphatic hydroxyl groups is 1. The Bertz CT molecular complexity index is 1140. The Labute approximate surface area is 198 Å². The van der Waals surface area contributed by atoms with Gasteiger partial charge in [-0.2, -0.15) is 0 Å². The number of nitrogens with zero attached hydrogens (tertiary/aromatic N) is 4. The molecule has 1 aliphatic rings. The molecule has 3 heterocycles. The van der Waals surface area contributed by atoms with Gasteiger partial charge < -0.3 is 14.8 Å². The molecule has 1 saturated heterocycles. The summed E-state index contributed by atoms with van der Waals surface area (Å²) in [6.07, 6.45) is 3.44. The summed E-state index contributed by atoms with van der Waals surface area (Å²) in [5.41, 5.74) is 2.47. The molecule has 2 N–H and O–H groups in total. The first kappa shape index (κ1) is 23.4. The lowest BCUT2D eigenvalue weighted by Gasteiger charge is -2.39. The summed E-state index contributed by atoms with van der Waals surface area (Å²) in [6, 6.07) is 12.4. The molecule has 33 heavy (non-hydrogen) atoms. The van der Waals surface area contributed by atoms with E-state index in [4.69, 9.17) is 11.6 Å². The topological polar surface area (TPSA) is 81.8 Å². The van der Waals surface area contributed by atoms with E-state index in [-0.39, 0.29) is 17.9 Å². The number of β-amino-alcohol motifs (C(OH)–C–C–N with tert-alkyl or cyclic N) is 1. The predicted molar refractivity (Wildman–Crippen MR) is 129 cm³/mol. The maximum atomic E-state index is 13.8. The summed E-state index contributed by atoms with van der Waals surface area (Å²) in [7, 11) is 0. The number of piperazine rings is 1. The van der Waals surface area contributed by atoms with Crippen LogP contribution in [0, 0.1) is 6.92 Å². The van der Waals surface area contributed by atoms with Crippen molar-refractivity contribution in [2.45, 2.75) is 19.5 Å². The average molecular weight is 469 g/mol. The molecule has 0 amide bonds. The normalized spacial score (nSPS) is 16.1. The lowest BCUT2D eigenvalue weighted by molar-refractivity contribution is 0.0932. The van der Waals surface area contributed by atoms with Gasteiger partial charge in [0, 0.05) is 55.8 Å². The Morgan fingerprint density at radius 1 is 1.12 bits per heavy atom. The summed E-state index contributed by atoms with van der Waals surface area (Å²) in [4.78, 5) is 22.4. The molecular weight excluding hydrogens is 440 g/mol. The summed E-state index contributed by atoms with van der Waals surface area (Å²) >= 11 is 6.60. The highest BCUT2D eigenvalue weighted by Gasteiger charge is 2.32. The van der Waals surface area contributed by atoms with E-state index < -0.39 is 6.04 Å². The van der Waals surface area contributed by atoms with Crippen LogP contribution in [0.5, 0.6) is 5.75 Å². The van der Waals surface area contributed by atoms with Crippen molar-refractivity contribution in [1.82, 2.24) is 19.4 Å². The van der Waals surface area contributed by atoms with Crippen LogP contribution in [0.3, 0.4) is 0 Å². The standard InChI is InChI=1S/C25H29ClN4O3/c1-18-15-22(32)23(25(33)30(18)17-19-5-4-8-27-16-19)24(20-6-2-3-7-21(20)26)29-11-9-28(10-12-29)13-14-31/h2-8,15-16,24,31-32H,9-14,17H2,1H3. The molecule has 7 nitrogen and oxygen atoms in total. The zero-order chi connectivity index (χ0) is 23.4. The second-order valence-electron chi connectivity index (χ2n) is 8.36. The summed E-state index contributed by atoms with van der Waals surface area (Å²) in [5.74, 6) is -0.0253. The second kappa shape index (κ2) is 10.5. The summed E-state index contributed by atoms with van der Waals surface area (Å²) < 4.78 is 1.68. The monoisotopic (exact) mass is 468 g/mol. The minimum absolute atomic E-state index is 0.0253. The van der Waals surface area contributed by atoms with Gasteiger partial charge in [0.05, 0.1) is 24.8 Å². The fourth-order valence-electron chi connectivity index (χ4n) is 4.51. The molecule has 1 fully saturated rings. The Hall–Kier alpha value is -2.71. The van der Waals surface area contributed by atoms with E-state index >= 15 is 0 Å². The van der Waals surface area contributed by atoms with Gasteiger partial charge in [0.15, 0.2) is 0 Å². The van der Waals surface area contributed by atoms with Crippen LogP contribution in [0.2, 0.25) is 5.02 Å². The van der Waals surface area contributed by atoms with E-state index in [0.717, 1.165) is 24.2 Å². The van der Waals surface area contributed by atoms with Crippen LogP contribution in [-0.4, -0.2) is 68.9 Å². The number of aromatic nitrogens is 2. The van der Waals surface area contributed by atoms with Gasteiger partial charge in [0.25, 0.3) is 5.56 Å². The third kappa shape index (κ3) is 5.12. The van der Waals surface area contributed by atoms with Gasteiger partial charge in [-0.1, -0.05) is 35.9 Å². The van der Waals surface area contributed by atoms with Crippen molar-refractivity contribution in [2.75, 3.05) is 39.3 Å². The van der Waals surface area contributed by atoms with E-state index in [1.165, 1.54) is 0 Å². The Kier molecular flexibility index (Phi) is 7.45. The Morgan fingerprint density at radius 2 is 1.88 bits per heavy atom. The van der Waals surface area contributed by atoms with Gasteiger partial charge in [-0.3, -0.25) is 19.6 Å².